The maximum absolute atomic E-state index is 13.6. The molecule has 0 saturated heterocycles. The third-order valence-electron chi connectivity index (χ3n) is 2.99. The Morgan fingerprint density at radius 2 is 1.86 bits per heavy atom. The van der Waals surface area contributed by atoms with Gasteiger partial charge in [-0.25, -0.2) is 8.78 Å². The molecule has 2 aromatic rings. The van der Waals surface area contributed by atoms with Gasteiger partial charge in [0.25, 0.3) is 0 Å². The summed E-state index contributed by atoms with van der Waals surface area (Å²) >= 11 is 0. The molecule has 21 heavy (non-hydrogen) atoms. The van der Waals surface area contributed by atoms with Gasteiger partial charge in [-0.3, -0.25) is 0 Å². The van der Waals surface area contributed by atoms with E-state index in [4.69, 9.17) is 9.47 Å². The highest BCUT2D eigenvalue weighted by Crippen LogP contribution is 2.31. The molecule has 5 heteroatoms. The summed E-state index contributed by atoms with van der Waals surface area (Å²) in [6, 6.07) is 9.48. The molecule has 0 heterocycles. The Hall–Kier alpha value is -2.30. The first-order chi connectivity index (χ1) is 10.2. The van der Waals surface area contributed by atoms with Crippen molar-refractivity contribution in [3.8, 4) is 11.5 Å². The van der Waals surface area contributed by atoms with Gasteiger partial charge in [0, 0.05) is 12.1 Å². The highest BCUT2D eigenvalue weighted by molar-refractivity contribution is 5.50. The van der Waals surface area contributed by atoms with Crippen molar-refractivity contribution in [2.24, 2.45) is 0 Å². The molecule has 0 aliphatic heterocycles. The minimum Gasteiger partial charge on any atom is -0.493 e. The fourth-order valence-corrected chi connectivity index (χ4v) is 2.03. The van der Waals surface area contributed by atoms with Crippen LogP contribution in [0.3, 0.4) is 0 Å². The molecule has 0 amide bonds. The number of anilines is 1. The molecule has 0 bridgehead atoms. The van der Waals surface area contributed by atoms with E-state index in [1.807, 2.05) is 19.1 Å². The second kappa shape index (κ2) is 6.92. The van der Waals surface area contributed by atoms with Crippen molar-refractivity contribution in [3.63, 3.8) is 0 Å². The van der Waals surface area contributed by atoms with Crippen LogP contribution in [0.4, 0.5) is 14.5 Å². The number of hydrogen-bond donors (Lipinski definition) is 1. The van der Waals surface area contributed by atoms with Crippen molar-refractivity contribution >= 4 is 5.69 Å². The normalized spacial score (nSPS) is 10.3. The minimum absolute atomic E-state index is 0.110. The largest absolute Gasteiger partial charge is 0.493 e. The lowest BCUT2D eigenvalue weighted by Gasteiger charge is -2.15. The van der Waals surface area contributed by atoms with E-state index in [0.29, 0.717) is 24.7 Å². The average Bonchev–Trinajstić information content (AvgIpc) is 2.49. The first-order valence-electron chi connectivity index (χ1n) is 6.64. The first-order valence-corrected chi connectivity index (χ1v) is 6.64. The molecule has 0 aliphatic carbocycles. The summed E-state index contributed by atoms with van der Waals surface area (Å²) < 4.78 is 37.6. The summed E-state index contributed by atoms with van der Waals surface area (Å²) in [5.74, 6) is -0.560. The van der Waals surface area contributed by atoms with E-state index < -0.39 is 11.6 Å². The van der Waals surface area contributed by atoms with Crippen molar-refractivity contribution < 1.29 is 18.3 Å². The van der Waals surface area contributed by atoms with Crippen molar-refractivity contribution in [3.05, 3.63) is 53.6 Å². The number of hydrogen-bond acceptors (Lipinski definition) is 3. The molecule has 2 aromatic carbocycles. The maximum atomic E-state index is 13.6. The highest BCUT2D eigenvalue weighted by Gasteiger charge is 2.11. The number of ether oxygens (including phenoxy) is 2. The van der Waals surface area contributed by atoms with Crippen molar-refractivity contribution in [1.82, 2.24) is 0 Å². The molecule has 0 radical (unpaired) electrons. The lowest BCUT2D eigenvalue weighted by atomic mass is 10.1. The van der Waals surface area contributed by atoms with Crippen LogP contribution in [-0.4, -0.2) is 13.7 Å². The van der Waals surface area contributed by atoms with Gasteiger partial charge in [-0.15, -0.1) is 0 Å². The second-order valence-electron chi connectivity index (χ2n) is 4.34. The van der Waals surface area contributed by atoms with Crippen LogP contribution in [0.15, 0.2) is 36.4 Å². The van der Waals surface area contributed by atoms with Gasteiger partial charge in [-0.1, -0.05) is 18.2 Å². The lowest BCUT2D eigenvalue weighted by Crippen LogP contribution is -2.05. The molecule has 0 unspecified atom stereocenters. The quantitative estimate of drug-likeness (QED) is 0.873. The van der Waals surface area contributed by atoms with Gasteiger partial charge in [-0.2, -0.15) is 0 Å². The van der Waals surface area contributed by atoms with Crippen molar-refractivity contribution in [1.29, 1.82) is 0 Å². The third-order valence-corrected chi connectivity index (χ3v) is 2.99. The summed E-state index contributed by atoms with van der Waals surface area (Å²) in [5, 5.41) is 2.86. The zero-order valence-electron chi connectivity index (χ0n) is 12.0. The van der Waals surface area contributed by atoms with Crippen molar-refractivity contribution in [2.45, 2.75) is 13.5 Å². The lowest BCUT2D eigenvalue weighted by molar-refractivity contribution is 0.309. The molecule has 1 N–H and O–H groups in total. The molecule has 0 saturated carbocycles. The highest BCUT2D eigenvalue weighted by atomic mass is 19.2. The van der Waals surface area contributed by atoms with Gasteiger partial charge >= 0.3 is 0 Å². The zero-order valence-corrected chi connectivity index (χ0v) is 12.0. The third kappa shape index (κ3) is 3.42. The predicted octanol–water partition coefficient (Wildman–Crippen LogP) is 3.98. The number of nitrogens with one attached hydrogen (secondary N) is 1. The molecule has 0 fully saturated rings. The predicted molar refractivity (Wildman–Crippen MR) is 77.8 cm³/mol. The number of benzene rings is 2. The number of halogens is 2. The van der Waals surface area contributed by atoms with Crippen molar-refractivity contribution in [2.75, 3.05) is 19.0 Å². The van der Waals surface area contributed by atoms with Gasteiger partial charge in [0.1, 0.15) is 0 Å². The molecule has 0 spiro atoms. The van der Waals surface area contributed by atoms with Crippen LogP contribution in [0.2, 0.25) is 0 Å². The number of rotatable bonds is 6. The Morgan fingerprint density at radius 3 is 2.57 bits per heavy atom. The average molecular weight is 293 g/mol. The van der Waals surface area contributed by atoms with E-state index in [-0.39, 0.29) is 5.69 Å². The van der Waals surface area contributed by atoms with Crippen LogP contribution in [0, 0.1) is 11.6 Å². The summed E-state index contributed by atoms with van der Waals surface area (Å²) in [6.45, 7) is 2.70. The van der Waals surface area contributed by atoms with Crippen LogP contribution < -0.4 is 14.8 Å². The van der Waals surface area contributed by atoms with Gasteiger partial charge in [0.05, 0.1) is 19.4 Å². The van der Waals surface area contributed by atoms with E-state index in [1.54, 1.807) is 13.2 Å². The molecule has 0 atom stereocenters. The molecule has 0 aromatic heterocycles. The second-order valence-corrected chi connectivity index (χ2v) is 4.34. The molecule has 112 valence electrons. The Morgan fingerprint density at radius 1 is 1.10 bits per heavy atom. The van der Waals surface area contributed by atoms with E-state index in [0.717, 1.165) is 11.6 Å². The van der Waals surface area contributed by atoms with E-state index in [9.17, 15) is 8.78 Å². The van der Waals surface area contributed by atoms with Crippen LogP contribution in [-0.2, 0) is 6.54 Å². The first kappa shape index (κ1) is 15.1. The smallest absolute Gasteiger partial charge is 0.181 e. The van der Waals surface area contributed by atoms with Crippen LogP contribution in [0.5, 0.6) is 11.5 Å². The van der Waals surface area contributed by atoms with E-state index >= 15 is 0 Å². The van der Waals surface area contributed by atoms with Crippen LogP contribution in [0.1, 0.15) is 12.5 Å². The molecule has 0 aliphatic rings. The number of methoxy groups -OCH3 is 1. The SMILES string of the molecule is CCOc1cccc(CNc2cccc(F)c2F)c1OC. The van der Waals surface area contributed by atoms with Gasteiger partial charge in [0.15, 0.2) is 23.1 Å². The van der Waals surface area contributed by atoms with Gasteiger partial charge in [-0.05, 0) is 25.1 Å². The van der Waals surface area contributed by atoms with Gasteiger partial charge < -0.3 is 14.8 Å². The molecular formula is C16H17F2NO2. The Kier molecular flexibility index (Phi) is 4.98. The Bertz CT molecular complexity index is 617. The topological polar surface area (TPSA) is 30.5 Å². The van der Waals surface area contributed by atoms with E-state index in [2.05, 4.69) is 5.32 Å². The molecule has 2 rings (SSSR count). The summed E-state index contributed by atoms with van der Waals surface area (Å²) in [7, 11) is 1.55. The fraction of sp³-hybridized carbons (Fsp3) is 0.250. The van der Waals surface area contributed by atoms with E-state index in [1.165, 1.54) is 12.1 Å². The fourth-order valence-electron chi connectivity index (χ4n) is 2.03. The summed E-state index contributed by atoms with van der Waals surface area (Å²) in [4.78, 5) is 0. The van der Waals surface area contributed by atoms with Gasteiger partial charge in [0.2, 0.25) is 0 Å². The molecule has 3 nitrogen and oxygen atoms in total. The monoisotopic (exact) mass is 293 g/mol. The maximum Gasteiger partial charge on any atom is 0.181 e. The summed E-state index contributed by atoms with van der Waals surface area (Å²) in [5.41, 5.74) is 0.908. The number of para-hydroxylation sites is 1. The van der Waals surface area contributed by atoms with Crippen LogP contribution >= 0.6 is 0 Å². The summed E-state index contributed by atoms with van der Waals surface area (Å²) in [6.07, 6.45) is 0. The Balaban J connectivity index is 2.20. The molecular weight excluding hydrogens is 276 g/mol. The van der Waals surface area contributed by atoms with Crippen LogP contribution in [0.25, 0.3) is 0 Å². The standard InChI is InChI=1S/C16H17F2NO2/c1-3-21-14-9-4-6-11(16(14)20-2)10-19-13-8-5-7-12(17)15(13)18/h4-9,19H,3,10H2,1-2H3. The minimum atomic E-state index is -0.891. The Labute approximate surface area is 122 Å². The zero-order chi connectivity index (χ0) is 15.2.